The highest BCUT2D eigenvalue weighted by molar-refractivity contribution is 7.48. The number of amides is 1. The average molecular weight is 609 g/mol. The topological polar surface area (TPSA) is 78.0 Å². The Morgan fingerprint density at radius 3 is 1.98 bits per heavy atom. The second kappa shape index (κ2) is 17.5. The second-order valence-electron chi connectivity index (χ2n) is 12.7. The third-order valence-corrected chi connectivity index (χ3v) is 9.04. The normalized spacial score (nSPS) is 12.6. The summed E-state index contributed by atoms with van der Waals surface area (Å²) in [4.78, 5) is 20.1. The van der Waals surface area contributed by atoms with Crippen LogP contribution in [0, 0.1) is 0 Å². The van der Waals surface area contributed by atoms with E-state index in [4.69, 9.17) is 13.6 Å². The Morgan fingerprint density at radius 1 is 0.878 bits per heavy atom. The minimum Gasteiger partial charge on any atom is -0.335 e. The van der Waals surface area contributed by atoms with Crippen molar-refractivity contribution in [3.63, 3.8) is 0 Å². The summed E-state index contributed by atoms with van der Waals surface area (Å²) in [6.45, 7) is 13.9. The van der Waals surface area contributed by atoms with E-state index in [-0.39, 0.29) is 12.5 Å². The number of hydrogen-bond donors (Lipinski definition) is 0. The molecule has 0 N–H and O–H groups in total. The van der Waals surface area contributed by atoms with Gasteiger partial charge in [-0.05, 0) is 78.4 Å². The molecule has 0 aliphatic carbocycles. The van der Waals surface area contributed by atoms with Gasteiger partial charge in [-0.1, -0.05) is 63.3 Å². The molecule has 7 nitrogen and oxygen atoms in total. The quantitative estimate of drug-likeness (QED) is 0.117. The van der Waals surface area contributed by atoms with Crippen molar-refractivity contribution in [2.24, 2.45) is 0 Å². The fraction of sp³-hybridized carbons (Fsp3) is 0.688. The fourth-order valence-electron chi connectivity index (χ4n) is 4.44. The van der Waals surface area contributed by atoms with Crippen molar-refractivity contribution in [3.8, 4) is 0 Å². The lowest BCUT2D eigenvalue weighted by Crippen LogP contribution is -2.33. The Labute approximate surface area is 253 Å². The van der Waals surface area contributed by atoms with Gasteiger partial charge in [0.05, 0.1) is 29.9 Å². The maximum atomic E-state index is 13.4. The molecule has 0 radical (unpaired) electrons. The van der Waals surface area contributed by atoms with Crippen LogP contribution >= 0.6 is 19.2 Å². The van der Waals surface area contributed by atoms with Gasteiger partial charge >= 0.3 is 7.82 Å². The molecule has 0 atom stereocenters. The molecule has 0 aliphatic rings. The molecule has 232 valence electrons. The number of aryl methyl sites for hydroxylation is 2. The molecule has 0 bridgehead atoms. The summed E-state index contributed by atoms with van der Waals surface area (Å²) in [5.41, 5.74) is 3.19. The van der Waals surface area contributed by atoms with Gasteiger partial charge in [0.15, 0.2) is 0 Å². The predicted octanol–water partition coefficient (Wildman–Crippen LogP) is 9.15. The van der Waals surface area contributed by atoms with E-state index >= 15 is 0 Å². The zero-order valence-corrected chi connectivity index (χ0v) is 28.2. The molecule has 1 aromatic carbocycles. The standard InChI is InChI=1S/C32H53N2O5PS/c1-8-15-27-18-20-28(21-19-27)16-13-11-9-10-12-14-17-30(35)34(25-29-24-33-26-41-29)22-23-37-40(36,38-31(2,3)4)39-32(5,6)7/h18-21,24,26H,8-17,22-23,25H2,1-7H3. The van der Waals surface area contributed by atoms with Gasteiger partial charge in [-0.2, -0.15) is 0 Å². The number of thiazole rings is 1. The Hall–Kier alpha value is -1.57. The fourth-order valence-corrected chi connectivity index (χ4v) is 6.84. The van der Waals surface area contributed by atoms with E-state index in [0.29, 0.717) is 19.5 Å². The summed E-state index contributed by atoms with van der Waals surface area (Å²) in [6.07, 6.45) is 12.4. The van der Waals surface area contributed by atoms with E-state index in [1.165, 1.54) is 48.1 Å². The van der Waals surface area contributed by atoms with E-state index in [1.807, 2.05) is 0 Å². The maximum absolute atomic E-state index is 13.4. The van der Waals surface area contributed by atoms with Gasteiger partial charge in [0.2, 0.25) is 5.91 Å². The molecule has 0 fully saturated rings. The van der Waals surface area contributed by atoms with E-state index in [2.05, 4.69) is 36.2 Å². The van der Waals surface area contributed by atoms with E-state index < -0.39 is 19.0 Å². The van der Waals surface area contributed by atoms with Crippen LogP contribution in [0.15, 0.2) is 36.0 Å². The number of carbonyl (C=O) groups is 1. The number of nitrogens with zero attached hydrogens (tertiary/aromatic N) is 2. The van der Waals surface area contributed by atoms with E-state index in [9.17, 15) is 9.36 Å². The van der Waals surface area contributed by atoms with Crippen molar-refractivity contribution < 1.29 is 22.9 Å². The Kier molecular flexibility index (Phi) is 15.2. The summed E-state index contributed by atoms with van der Waals surface area (Å²) < 4.78 is 30.5. The Bertz CT molecular complexity index is 1030. The summed E-state index contributed by atoms with van der Waals surface area (Å²) in [6, 6.07) is 9.07. The minimum atomic E-state index is -3.83. The van der Waals surface area contributed by atoms with Gasteiger partial charge in [-0.15, -0.1) is 11.3 Å². The number of phosphoric ester groups is 1. The largest absolute Gasteiger partial charge is 0.475 e. The number of unbranched alkanes of at least 4 members (excludes halogenated alkanes) is 5. The van der Waals surface area contributed by atoms with Crippen molar-refractivity contribution >= 4 is 25.1 Å². The maximum Gasteiger partial charge on any atom is 0.475 e. The SMILES string of the molecule is CCCc1ccc(CCCCCCCCC(=O)N(CCOP(=O)(OC(C)(C)C)OC(C)(C)C)Cc2cncs2)cc1. The van der Waals surface area contributed by atoms with E-state index in [0.717, 1.165) is 37.0 Å². The molecule has 2 rings (SSSR count). The molecule has 0 saturated carbocycles. The van der Waals surface area contributed by atoms with Crippen LogP contribution in [-0.4, -0.2) is 40.1 Å². The summed E-state index contributed by atoms with van der Waals surface area (Å²) >= 11 is 1.51. The van der Waals surface area contributed by atoms with Crippen LogP contribution in [0.25, 0.3) is 0 Å². The smallest absolute Gasteiger partial charge is 0.335 e. The van der Waals surface area contributed by atoms with Gasteiger partial charge in [-0.3, -0.25) is 23.3 Å². The first-order valence-corrected chi connectivity index (χ1v) is 17.5. The Balaban J connectivity index is 1.76. The van der Waals surface area contributed by atoms with Crippen molar-refractivity contribution in [2.75, 3.05) is 13.2 Å². The number of phosphoric acid groups is 1. The highest BCUT2D eigenvalue weighted by Crippen LogP contribution is 2.55. The third kappa shape index (κ3) is 16.0. The molecule has 41 heavy (non-hydrogen) atoms. The van der Waals surface area contributed by atoms with Crippen LogP contribution in [0.3, 0.4) is 0 Å². The van der Waals surface area contributed by atoms with Crippen LogP contribution < -0.4 is 0 Å². The number of carbonyl (C=O) groups excluding carboxylic acids is 1. The highest BCUT2D eigenvalue weighted by Gasteiger charge is 2.37. The average Bonchev–Trinajstić information content (AvgIpc) is 3.37. The van der Waals surface area contributed by atoms with Crippen LogP contribution in [0.5, 0.6) is 0 Å². The lowest BCUT2D eigenvalue weighted by Gasteiger charge is -2.31. The number of benzene rings is 1. The van der Waals surface area contributed by atoms with E-state index in [1.54, 1.807) is 58.1 Å². The number of rotatable bonds is 19. The van der Waals surface area contributed by atoms with Crippen molar-refractivity contribution in [2.45, 2.75) is 130 Å². The first-order chi connectivity index (χ1) is 19.3. The Morgan fingerprint density at radius 2 is 1.44 bits per heavy atom. The molecule has 0 saturated heterocycles. The first kappa shape index (κ1) is 35.6. The van der Waals surface area contributed by atoms with Gasteiger partial charge in [0.1, 0.15) is 0 Å². The molecular formula is C32H53N2O5PS. The van der Waals surface area contributed by atoms with Crippen molar-refractivity contribution in [1.29, 1.82) is 0 Å². The van der Waals surface area contributed by atoms with Gasteiger partial charge in [0.25, 0.3) is 0 Å². The highest BCUT2D eigenvalue weighted by atomic mass is 32.1. The molecule has 0 aliphatic heterocycles. The third-order valence-electron chi connectivity index (χ3n) is 6.23. The molecule has 0 unspecified atom stereocenters. The van der Waals surface area contributed by atoms with Crippen LogP contribution in [0.1, 0.15) is 116 Å². The molecule has 1 heterocycles. The summed E-state index contributed by atoms with van der Waals surface area (Å²) in [7, 11) is -3.83. The second-order valence-corrected chi connectivity index (χ2v) is 15.1. The number of hydrogen-bond acceptors (Lipinski definition) is 7. The number of aromatic nitrogens is 1. The lowest BCUT2D eigenvalue weighted by atomic mass is 10.0. The molecule has 1 aromatic heterocycles. The molecule has 0 spiro atoms. The van der Waals surface area contributed by atoms with Crippen LogP contribution in [0.2, 0.25) is 0 Å². The summed E-state index contributed by atoms with van der Waals surface area (Å²) in [5.74, 6) is 0.0665. The van der Waals surface area contributed by atoms with Gasteiger partial charge in [-0.25, -0.2) is 4.57 Å². The predicted molar refractivity (Wildman–Crippen MR) is 169 cm³/mol. The molecule has 2 aromatic rings. The van der Waals surface area contributed by atoms with Crippen molar-refractivity contribution in [1.82, 2.24) is 9.88 Å². The first-order valence-electron chi connectivity index (χ1n) is 15.2. The van der Waals surface area contributed by atoms with Crippen LogP contribution in [0.4, 0.5) is 0 Å². The molecule has 9 heteroatoms. The zero-order chi connectivity index (χ0) is 30.4. The summed E-state index contributed by atoms with van der Waals surface area (Å²) in [5, 5.41) is 0. The lowest BCUT2D eigenvalue weighted by molar-refractivity contribution is -0.132. The van der Waals surface area contributed by atoms with Gasteiger partial charge < -0.3 is 4.90 Å². The molecular weight excluding hydrogens is 555 g/mol. The molecule has 1 amide bonds. The minimum absolute atomic E-state index is 0.0509. The van der Waals surface area contributed by atoms with Crippen LogP contribution in [-0.2, 0) is 42.3 Å². The van der Waals surface area contributed by atoms with Gasteiger partial charge in [0, 0.05) is 24.0 Å². The van der Waals surface area contributed by atoms with Crippen molar-refractivity contribution in [3.05, 3.63) is 52.0 Å². The monoisotopic (exact) mass is 608 g/mol. The zero-order valence-electron chi connectivity index (χ0n) is 26.4.